The molecule has 4 rings (SSSR count). The van der Waals surface area contributed by atoms with Gasteiger partial charge in [0.05, 0.1) is 24.2 Å². The first-order valence-corrected chi connectivity index (χ1v) is 13.6. The molecule has 1 N–H and O–H groups in total. The molecule has 8 heteroatoms. The summed E-state index contributed by atoms with van der Waals surface area (Å²) >= 11 is 0. The monoisotopic (exact) mass is 516 g/mol. The number of hydrogen-bond donors (Lipinski definition) is 1. The Morgan fingerprint density at radius 2 is 1.76 bits per heavy atom. The first-order chi connectivity index (χ1) is 17.1. The SMILES string of the molecule is CC[C@H](C)[C@H](CO)N1C(=O)[C@@H]2[C@@H]3C(=O)OCC=C[C@]3(C)O[C@@]23C=CCN(C(C)(C)CC(C)(C)C)C(=O)C13. The van der Waals surface area contributed by atoms with Crippen molar-refractivity contribution in [3.8, 4) is 0 Å². The van der Waals surface area contributed by atoms with Gasteiger partial charge in [-0.1, -0.05) is 59.3 Å². The van der Waals surface area contributed by atoms with Crippen LogP contribution < -0.4 is 0 Å². The van der Waals surface area contributed by atoms with Crippen LogP contribution >= 0.6 is 0 Å². The number of rotatable bonds is 6. The summed E-state index contributed by atoms with van der Waals surface area (Å²) in [6, 6.07) is -1.58. The highest BCUT2D eigenvalue weighted by molar-refractivity contribution is 5.99. The van der Waals surface area contributed by atoms with Gasteiger partial charge >= 0.3 is 5.97 Å². The zero-order valence-corrected chi connectivity index (χ0v) is 23.6. The summed E-state index contributed by atoms with van der Waals surface area (Å²) in [6.07, 6.45) is 8.76. The maximum Gasteiger partial charge on any atom is 0.313 e. The Hall–Kier alpha value is -2.19. The van der Waals surface area contributed by atoms with E-state index in [1.807, 2.05) is 30.9 Å². The fourth-order valence-electron chi connectivity index (χ4n) is 7.40. The molecular formula is C29H44N2O6. The first-order valence-electron chi connectivity index (χ1n) is 13.6. The van der Waals surface area contributed by atoms with Crippen LogP contribution in [0.15, 0.2) is 24.3 Å². The van der Waals surface area contributed by atoms with Crippen LogP contribution in [0, 0.1) is 23.2 Å². The minimum Gasteiger partial charge on any atom is -0.461 e. The standard InChI is InChI=1S/C29H44N2O6/c1-9-18(2)19(16-32)31-22-24(34)30(27(6,7)17-26(3,4)5)14-10-13-29(22)20(23(31)33)21-25(35)36-15-11-12-28(21,8)37-29/h10-13,18-22,32H,9,14-17H2,1-8H3/t18-,19-,20-,21+,22?,28-,29-/m0/s1. The molecule has 2 saturated heterocycles. The van der Waals surface area contributed by atoms with Crippen molar-refractivity contribution in [2.45, 2.75) is 97.1 Å². The summed E-state index contributed by atoms with van der Waals surface area (Å²) in [5.41, 5.74) is -2.98. The van der Waals surface area contributed by atoms with Crippen LogP contribution in [-0.2, 0) is 23.9 Å². The third kappa shape index (κ3) is 4.34. The van der Waals surface area contributed by atoms with E-state index in [1.165, 1.54) is 0 Å². The number of amides is 2. The van der Waals surface area contributed by atoms with E-state index >= 15 is 0 Å². The van der Waals surface area contributed by atoms with Gasteiger partial charge in [0.15, 0.2) is 0 Å². The Kier molecular flexibility index (Phi) is 6.94. The number of nitrogens with zero attached hydrogens (tertiary/aromatic N) is 2. The van der Waals surface area contributed by atoms with Crippen molar-refractivity contribution in [1.29, 1.82) is 0 Å². The highest BCUT2D eigenvalue weighted by Crippen LogP contribution is 2.58. The third-order valence-corrected chi connectivity index (χ3v) is 8.79. The molecule has 0 aromatic carbocycles. The fourth-order valence-corrected chi connectivity index (χ4v) is 7.40. The lowest BCUT2D eigenvalue weighted by molar-refractivity contribution is -0.162. The number of hydrogen-bond acceptors (Lipinski definition) is 6. The molecule has 2 amide bonds. The molecule has 1 spiro atoms. The van der Waals surface area contributed by atoms with Gasteiger partial charge in [-0.05, 0) is 44.6 Å². The molecule has 0 bridgehead atoms. The molecule has 4 aliphatic rings. The van der Waals surface area contributed by atoms with E-state index in [2.05, 4.69) is 34.6 Å². The Balaban J connectivity index is 1.90. The summed E-state index contributed by atoms with van der Waals surface area (Å²) in [7, 11) is 0. The van der Waals surface area contributed by atoms with Gasteiger partial charge in [0.1, 0.15) is 24.2 Å². The van der Waals surface area contributed by atoms with Gasteiger partial charge in [0.25, 0.3) is 0 Å². The minimum absolute atomic E-state index is 0.0331. The van der Waals surface area contributed by atoms with Crippen molar-refractivity contribution in [2.24, 2.45) is 23.2 Å². The summed E-state index contributed by atoms with van der Waals surface area (Å²) in [5.74, 6) is -2.93. The Bertz CT molecular complexity index is 1010. The van der Waals surface area contributed by atoms with Crippen LogP contribution in [0.2, 0.25) is 0 Å². The van der Waals surface area contributed by atoms with Gasteiger partial charge in [-0.3, -0.25) is 14.4 Å². The Labute approximate surface area is 221 Å². The molecular weight excluding hydrogens is 472 g/mol. The Morgan fingerprint density at radius 3 is 2.35 bits per heavy atom. The van der Waals surface area contributed by atoms with Crippen LogP contribution in [0.3, 0.4) is 0 Å². The van der Waals surface area contributed by atoms with Crippen LogP contribution in [-0.4, -0.2) is 81.3 Å². The summed E-state index contributed by atoms with van der Waals surface area (Å²) in [4.78, 5) is 45.7. The van der Waals surface area contributed by atoms with Gasteiger partial charge in [0.2, 0.25) is 11.8 Å². The largest absolute Gasteiger partial charge is 0.461 e. The minimum atomic E-state index is -1.35. The second kappa shape index (κ2) is 9.23. The molecule has 8 nitrogen and oxygen atoms in total. The quantitative estimate of drug-likeness (QED) is 0.431. The molecule has 0 saturated carbocycles. The van der Waals surface area contributed by atoms with Crippen LogP contribution in [0.5, 0.6) is 0 Å². The lowest BCUT2D eigenvalue weighted by Crippen LogP contribution is -2.62. The summed E-state index contributed by atoms with van der Waals surface area (Å²) < 4.78 is 12.2. The van der Waals surface area contributed by atoms with Crippen molar-refractivity contribution in [1.82, 2.24) is 9.80 Å². The second-order valence-corrected chi connectivity index (χ2v) is 13.3. The molecule has 0 aliphatic carbocycles. The maximum atomic E-state index is 14.6. The number of carbonyl (C=O) groups is 3. The topological polar surface area (TPSA) is 96.4 Å². The second-order valence-electron chi connectivity index (χ2n) is 13.3. The van der Waals surface area contributed by atoms with Crippen LogP contribution in [0.1, 0.15) is 68.2 Å². The van der Waals surface area contributed by atoms with Gasteiger partial charge in [-0.15, -0.1) is 0 Å². The van der Waals surface area contributed by atoms with E-state index in [0.29, 0.717) is 6.54 Å². The number of likely N-dealkylation sites (tertiary alicyclic amines) is 1. The smallest absolute Gasteiger partial charge is 0.313 e. The van der Waals surface area contributed by atoms with Crippen LogP contribution in [0.25, 0.3) is 0 Å². The molecule has 7 atom stereocenters. The molecule has 4 heterocycles. The molecule has 37 heavy (non-hydrogen) atoms. The molecule has 0 aromatic rings. The predicted molar refractivity (Wildman–Crippen MR) is 139 cm³/mol. The lowest BCUT2D eigenvalue weighted by Gasteiger charge is -2.46. The maximum absolute atomic E-state index is 14.6. The van der Waals surface area contributed by atoms with Gasteiger partial charge in [-0.25, -0.2) is 0 Å². The summed E-state index contributed by atoms with van der Waals surface area (Å²) in [6.45, 7) is 16.5. The van der Waals surface area contributed by atoms with E-state index < -0.39 is 46.6 Å². The number of esters is 1. The number of fused-ring (bicyclic) bond motifs is 2. The van der Waals surface area contributed by atoms with E-state index in [-0.39, 0.29) is 36.4 Å². The lowest BCUT2D eigenvalue weighted by atomic mass is 9.74. The van der Waals surface area contributed by atoms with Gasteiger partial charge in [-0.2, -0.15) is 0 Å². The highest BCUT2D eigenvalue weighted by Gasteiger charge is 2.75. The average Bonchev–Trinajstić information content (AvgIpc) is 3.03. The molecule has 4 aliphatic heterocycles. The van der Waals surface area contributed by atoms with Crippen molar-refractivity contribution < 1.29 is 29.0 Å². The molecule has 206 valence electrons. The molecule has 1 unspecified atom stereocenters. The van der Waals surface area contributed by atoms with E-state index in [0.717, 1.165) is 12.8 Å². The van der Waals surface area contributed by atoms with Crippen molar-refractivity contribution in [3.05, 3.63) is 24.3 Å². The average molecular weight is 517 g/mol. The molecule has 0 aromatic heterocycles. The molecule has 0 radical (unpaired) electrons. The first kappa shape index (κ1) is 27.8. The number of aliphatic hydroxyl groups is 1. The van der Waals surface area contributed by atoms with E-state index in [4.69, 9.17) is 9.47 Å². The number of carbonyl (C=O) groups excluding carboxylic acids is 3. The predicted octanol–water partition coefficient (Wildman–Crippen LogP) is 3.09. The highest BCUT2D eigenvalue weighted by atomic mass is 16.6. The number of ether oxygens (including phenoxy) is 2. The Morgan fingerprint density at radius 1 is 1.08 bits per heavy atom. The van der Waals surface area contributed by atoms with Crippen molar-refractivity contribution >= 4 is 17.8 Å². The third-order valence-electron chi connectivity index (χ3n) is 8.79. The fraction of sp³-hybridized carbons (Fsp3) is 0.759. The van der Waals surface area contributed by atoms with Crippen LogP contribution in [0.4, 0.5) is 0 Å². The number of aliphatic hydroxyl groups excluding tert-OH is 1. The molecule has 2 fully saturated rings. The van der Waals surface area contributed by atoms with Gasteiger partial charge in [0, 0.05) is 12.1 Å². The van der Waals surface area contributed by atoms with E-state index in [9.17, 15) is 19.5 Å². The van der Waals surface area contributed by atoms with Crippen molar-refractivity contribution in [2.75, 3.05) is 19.8 Å². The summed E-state index contributed by atoms with van der Waals surface area (Å²) in [5, 5.41) is 10.5. The van der Waals surface area contributed by atoms with Crippen molar-refractivity contribution in [3.63, 3.8) is 0 Å². The number of cyclic esters (lactones) is 1. The zero-order chi connectivity index (χ0) is 27.6. The normalized spacial score (nSPS) is 35.5. The van der Waals surface area contributed by atoms with E-state index in [1.54, 1.807) is 24.0 Å². The zero-order valence-electron chi connectivity index (χ0n) is 23.6. The van der Waals surface area contributed by atoms with Gasteiger partial charge < -0.3 is 24.4 Å².